The lowest BCUT2D eigenvalue weighted by molar-refractivity contribution is -0.244. The molecule has 4 fully saturated rings. The van der Waals surface area contributed by atoms with Crippen molar-refractivity contribution >= 4 is 27.7 Å². The summed E-state index contributed by atoms with van der Waals surface area (Å²) in [6, 6.07) is 16.0. The van der Waals surface area contributed by atoms with Gasteiger partial charge in [0.2, 0.25) is 5.91 Å². The highest BCUT2D eigenvalue weighted by molar-refractivity contribution is 9.10. The first-order valence-electron chi connectivity index (χ1n) is 16.4. The van der Waals surface area contributed by atoms with Crippen LogP contribution in [0.25, 0.3) is 11.3 Å². The van der Waals surface area contributed by atoms with Crippen LogP contribution in [0.4, 0.5) is 0 Å². The lowest BCUT2D eigenvalue weighted by atomic mass is 9.93. The topological polar surface area (TPSA) is 108 Å². The Morgan fingerprint density at radius 2 is 1.67 bits per heavy atom. The summed E-state index contributed by atoms with van der Waals surface area (Å²) < 4.78 is 22.7. The molecule has 2 aromatic carbocycles. The number of amides is 2. The van der Waals surface area contributed by atoms with Crippen molar-refractivity contribution in [3.05, 3.63) is 70.3 Å². The first-order valence-corrected chi connectivity index (χ1v) is 17.2. The van der Waals surface area contributed by atoms with Crippen LogP contribution in [0.5, 0.6) is 0 Å². The molecular formula is C34H38BrN5O5. The summed E-state index contributed by atoms with van der Waals surface area (Å²) in [5.41, 5.74) is 2.48. The molecule has 2 aliphatic carbocycles. The first-order chi connectivity index (χ1) is 22.0. The molecule has 0 unspecified atom stereocenters. The third-order valence-electron chi connectivity index (χ3n) is 10.2. The lowest BCUT2D eigenvalue weighted by Crippen LogP contribution is -2.57. The predicted octanol–water partition coefficient (Wildman–Crippen LogP) is 5.52. The van der Waals surface area contributed by atoms with Crippen molar-refractivity contribution in [3.8, 4) is 11.3 Å². The number of halogens is 1. The smallest absolute Gasteiger partial charge is 0.275 e. The summed E-state index contributed by atoms with van der Waals surface area (Å²) in [6.45, 7) is 0.210. The maximum absolute atomic E-state index is 14.9. The van der Waals surface area contributed by atoms with Gasteiger partial charge in [0, 0.05) is 35.5 Å². The Morgan fingerprint density at radius 3 is 2.42 bits per heavy atom. The van der Waals surface area contributed by atoms with Crippen LogP contribution < -0.4 is 5.32 Å². The van der Waals surface area contributed by atoms with E-state index in [1.165, 1.54) is 6.42 Å². The lowest BCUT2D eigenvalue weighted by Gasteiger charge is -2.37. The zero-order valence-corrected chi connectivity index (χ0v) is 26.7. The number of hydrogen-bond donors (Lipinski definition) is 1. The fraction of sp³-hybridized carbons (Fsp3) is 0.529. The van der Waals surface area contributed by atoms with E-state index in [1.807, 2.05) is 54.6 Å². The van der Waals surface area contributed by atoms with Crippen molar-refractivity contribution in [2.75, 3.05) is 0 Å². The number of nitrogens with one attached hydrogen (secondary N) is 1. The standard InChI is InChI=1S/C34H38BrN5O5/c35-23-16-14-21(15-17-23)20-39-28(31(41)36-24-12-6-2-7-13-24)29-27(30-33(43-29)45-34(44-30)18-8-3-9-19-34)40-26(32(39)42)25(37-38-40)22-10-4-1-5-11-22/h1,4-5,10-11,14-17,24,27-30,33H,2-3,6-9,12-13,18-20H2,(H,36,41)/t27-,28+,29-,30+,33+/m0/s1. The van der Waals surface area contributed by atoms with Gasteiger partial charge in [0.15, 0.2) is 17.8 Å². The molecule has 2 saturated heterocycles. The van der Waals surface area contributed by atoms with Gasteiger partial charge in [-0.2, -0.15) is 0 Å². The van der Waals surface area contributed by atoms with Crippen molar-refractivity contribution < 1.29 is 23.8 Å². The quantitative estimate of drug-likeness (QED) is 0.379. The second-order valence-corrected chi connectivity index (χ2v) is 14.0. The monoisotopic (exact) mass is 675 g/mol. The number of ether oxygens (including phenoxy) is 3. The highest BCUT2D eigenvalue weighted by Crippen LogP contribution is 2.51. The van der Waals surface area contributed by atoms with Crippen LogP contribution in [0.15, 0.2) is 59.1 Å². The van der Waals surface area contributed by atoms with Gasteiger partial charge in [-0.25, -0.2) is 4.68 Å². The van der Waals surface area contributed by atoms with E-state index in [2.05, 4.69) is 31.6 Å². The van der Waals surface area contributed by atoms with Gasteiger partial charge in [0.05, 0.1) is 0 Å². The Labute approximate surface area is 270 Å². The fourth-order valence-electron chi connectivity index (χ4n) is 7.95. The summed E-state index contributed by atoms with van der Waals surface area (Å²) in [7, 11) is 0. The van der Waals surface area contributed by atoms with Gasteiger partial charge >= 0.3 is 0 Å². The van der Waals surface area contributed by atoms with Crippen LogP contribution in [0.3, 0.4) is 0 Å². The first kappa shape index (κ1) is 29.3. The Balaban J connectivity index is 1.25. The molecule has 0 radical (unpaired) electrons. The van der Waals surface area contributed by atoms with Gasteiger partial charge in [-0.1, -0.05) is 89.3 Å². The number of aromatic nitrogens is 3. The largest absolute Gasteiger partial charge is 0.351 e. The molecule has 1 aromatic heterocycles. The van der Waals surface area contributed by atoms with Gasteiger partial charge < -0.3 is 24.4 Å². The normalized spacial score (nSPS) is 29.2. The Bertz CT molecular complexity index is 1550. The molecule has 0 bridgehead atoms. The van der Waals surface area contributed by atoms with E-state index in [0.717, 1.165) is 73.4 Å². The molecular weight excluding hydrogens is 638 g/mol. The fourth-order valence-corrected chi connectivity index (χ4v) is 8.21. The molecule has 1 N–H and O–H groups in total. The molecule has 45 heavy (non-hydrogen) atoms. The van der Waals surface area contributed by atoms with E-state index in [-0.39, 0.29) is 24.4 Å². The van der Waals surface area contributed by atoms with Crippen LogP contribution in [0.2, 0.25) is 0 Å². The van der Waals surface area contributed by atoms with Crippen LogP contribution in [0.1, 0.15) is 86.3 Å². The summed E-state index contributed by atoms with van der Waals surface area (Å²) in [5.74, 6) is -1.24. The minimum absolute atomic E-state index is 0.0649. The molecule has 5 atom stereocenters. The van der Waals surface area contributed by atoms with E-state index in [1.54, 1.807) is 9.58 Å². The average Bonchev–Trinajstić information content (AvgIpc) is 3.72. The molecule has 2 amide bonds. The molecule has 8 rings (SSSR count). The maximum Gasteiger partial charge on any atom is 0.275 e. The van der Waals surface area contributed by atoms with Crippen molar-refractivity contribution in [1.82, 2.24) is 25.2 Å². The summed E-state index contributed by atoms with van der Waals surface area (Å²) >= 11 is 3.52. The third-order valence-corrected chi connectivity index (χ3v) is 10.7. The van der Waals surface area contributed by atoms with Gasteiger partial charge in [-0.15, -0.1) is 5.10 Å². The van der Waals surface area contributed by atoms with Crippen LogP contribution in [-0.4, -0.2) is 68.1 Å². The molecule has 3 aliphatic heterocycles. The number of rotatable bonds is 5. The zero-order valence-electron chi connectivity index (χ0n) is 25.1. The van der Waals surface area contributed by atoms with E-state index in [4.69, 9.17) is 14.2 Å². The van der Waals surface area contributed by atoms with Crippen LogP contribution in [-0.2, 0) is 25.5 Å². The Morgan fingerprint density at radius 1 is 0.933 bits per heavy atom. The number of carbonyl (C=O) groups is 2. The highest BCUT2D eigenvalue weighted by Gasteiger charge is 2.64. The molecule has 3 aromatic rings. The third kappa shape index (κ3) is 5.31. The molecule has 1 spiro atoms. The molecule has 4 heterocycles. The average molecular weight is 677 g/mol. The van der Waals surface area contributed by atoms with E-state index >= 15 is 0 Å². The zero-order chi connectivity index (χ0) is 30.5. The van der Waals surface area contributed by atoms with E-state index in [0.29, 0.717) is 11.4 Å². The SMILES string of the molecule is O=C(NC1CCCCC1)[C@H]1[C@H]2O[C@@H]3OC4(CCCCC4)O[C@@H]3[C@H]2n2nnc(-c3ccccc3)c2C(=O)N1Cc1ccc(Br)cc1. The minimum atomic E-state index is -0.932. The second-order valence-electron chi connectivity index (χ2n) is 13.1. The van der Waals surface area contributed by atoms with E-state index in [9.17, 15) is 9.59 Å². The number of nitrogens with zero attached hydrogens (tertiary/aromatic N) is 4. The highest BCUT2D eigenvalue weighted by atomic mass is 79.9. The second kappa shape index (κ2) is 11.9. The minimum Gasteiger partial charge on any atom is -0.351 e. The number of hydrogen-bond acceptors (Lipinski definition) is 7. The summed E-state index contributed by atoms with van der Waals surface area (Å²) in [6.07, 6.45) is 7.99. The van der Waals surface area contributed by atoms with Crippen molar-refractivity contribution in [2.24, 2.45) is 0 Å². The molecule has 11 heteroatoms. The maximum atomic E-state index is 14.9. The van der Waals surface area contributed by atoms with Crippen LogP contribution >= 0.6 is 15.9 Å². The summed E-state index contributed by atoms with van der Waals surface area (Å²) in [4.78, 5) is 31.0. The van der Waals surface area contributed by atoms with Gasteiger partial charge in [-0.3, -0.25) is 9.59 Å². The number of fused-ring (bicyclic) bond motifs is 5. The van der Waals surface area contributed by atoms with Crippen molar-refractivity contribution in [1.29, 1.82) is 0 Å². The van der Waals surface area contributed by atoms with Crippen molar-refractivity contribution in [2.45, 2.75) is 113 Å². The number of carbonyl (C=O) groups excluding carboxylic acids is 2. The number of benzene rings is 2. The molecule has 5 aliphatic rings. The molecule has 10 nitrogen and oxygen atoms in total. The van der Waals surface area contributed by atoms with Gasteiger partial charge in [0.25, 0.3) is 5.91 Å². The van der Waals surface area contributed by atoms with Crippen molar-refractivity contribution in [3.63, 3.8) is 0 Å². The van der Waals surface area contributed by atoms with Crippen LogP contribution in [0, 0.1) is 0 Å². The molecule has 2 saturated carbocycles. The molecule has 236 valence electrons. The summed E-state index contributed by atoms with van der Waals surface area (Å²) in [5, 5.41) is 12.5. The predicted molar refractivity (Wildman–Crippen MR) is 168 cm³/mol. The van der Waals surface area contributed by atoms with Gasteiger partial charge in [-0.05, 0) is 43.4 Å². The Kier molecular flexibility index (Phi) is 7.75. The van der Waals surface area contributed by atoms with E-state index < -0.39 is 36.4 Å². The van der Waals surface area contributed by atoms with Gasteiger partial charge in [0.1, 0.15) is 30.0 Å². The Hall–Kier alpha value is -3.12.